The highest BCUT2D eigenvalue weighted by molar-refractivity contribution is 5.75. The van der Waals surface area contributed by atoms with Crippen LogP contribution < -0.4 is 25.3 Å². The Balaban J connectivity index is 1.56. The van der Waals surface area contributed by atoms with E-state index >= 15 is 0 Å². The van der Waals surface area contributed by atoms with Crippen molar-refractivity contribution >= 4 is 5.91 Å². The Kier molecular flexibility index (Phi) is 4.63. The van der Waals surface area contributed by atoms with Gasteiger partial charge in [0, 0.05) is 12.6 Å². The summed E-state index contributed by atoms with van der Waals surface area (Å²) in [6, 6.07) is 13.5. The van der Waals surface area contributed by atoms with Gasteiger partial charge in [-0.25, -0.2) is 0 Å². The normalized spacial score (nSPS) is 12.2. The lowest BCUT2D eigenvalue weighted by Crippen LogP contribution is -2.28. The minimum Gasteiger partial charge on any atom is -0.489 e. The zero-order chi connectivity index (χ0) is 16.1. The zero-order valence-corrected chi connectivity index (χ0v) is 12.6. The number of ether oxygens (including phenoxy) is 3. The molecule has 23 heavy (non-hydrogen) atoms. The van der Waals surface area contributed by atoms with Crippen molar-refractivity contribution in [2.45, 2.75) is 13.2 Å². The predicted molar refractivity (Wildman–Crippen MR) is 84.2 cm³/mol. The molecule has 1 aliphatic rings. The topological polar surface area (TPSA) is 82.8 Å². The highest BCUT2D eigenvalue weighted by Gasteiger charge is 2.13. The largest absolute Gasteiger partial charge is 0.489 e. The first kappa shape index (κ1) is 15.2. The first-order valence-corrected chi connectivity index (χ1v) is 7.30. The van der Waals surface area contributed by atoms with Crippen LogP contribution in [0.1, 0.15) is 11.1 Å². The third-order valence-corrected chi connectivity index (χ3v) is 3.37. The molecule has 3 rings (SSSR count). The van der Waals surface area contributed by atoms with Gasteiger partial charge in [-0.1, -0.05) is 24.3 Å². The molecule has 1 amide bonds. The lowest BCUT2D eigenvalue weighted by molar-refractivity contribution is -0.117. The van der Waals surface area contributed by atoms with Crippen molar-refractivity contribution in [2.75, 3.05) is 13.3 Å². The first-order chi connectivity index (χ1) is 11.2. The summed E-state index contributed by atoms with van der Waals surface area (Å²) < 4.78 is 16.4. The number of hydrogen-bond acceptors (Lipinski definition) is 5. The van der Waals surface area contributed by atoms with Crippen LogP contribution in [-0.2, 0) is 17.9 Å². The molecule has 0 bridgehead atoms. The number of carbonyl (C=O) groups excluding carboxylic acids is 1. The summed E-state index contributed by atoms with van der Waals surface area (Å²) in [5.74, 6) is 1.80. The number of carbonyl (C=O) groups is 1. The molecule has 0 saturated carbocycles. The Hall–Kier alpha value is -2.73. The quantitative estimate of drug-likeness (QED) is 0.810. The van der Waals surface area contributed by atoms with E-state index in [1.54, 1.807) is 0 Å². The van der Waals surface area contributed by atoms with Crippen molar-refractivity contribution in [3.8, 4) is 17.2 Å². The lowest BCUT2D eigenvalue weighted by atomic mass is 10.1. The molecular formula is C17H18N2O4. The predicted octanol–water partition coefficient (Wildman–Crippen LogP) is 1.57. The van der Waals surface area contributed by atoms with E-state index in [-0.39, 0.29) is 19.2 Å². The third-order valence-electron chi connectivity index (χ3n) is 3.37. The fourth-order valence-electron chi connectivity index (χ4n) is 2.29. The van der Waals surface area contributed by atoms with Gasteiger partial charge in [0.05, 0.1) is 6.54 Å². The van der Waals surface area contributed by atoms with Gasteiger partial charge in [-0.2, -0.15) is 0 Å². The summed E-state index contributed by atoms with van der Waals surface area (Å²) in [5, 5.41) is 2.98. The van der Waals surface area contributed by atoms with Gasteiger partial charge in [-0.3, -0.25) is 4.79 Å². The maximum absolute atomic E-state index is 10.7. The smallest absolute Gasteiger partial charge is 0.231 e. The van der Waals surface area contributed by atoms with E-state index in [1.165, 1.54) is 0 Å². The molecule has 6 heteroatoms. The van der Waals surface area contributed by atoms with E-state index in [0.717, 1.165) is 22.6 Å². The molecule has 1 heterocycles. The Bertz CT molecular complexity index is 703. The number of hydrogen-bond donors (Lipinski definition) is 2. The van der Waals surface area contributed by atoms with Gasteiger partial charge in [0.15, 0.2) is 11.5 Å². The minimum atomic E-state index is -0.368. The van der Waals surface area contributed by atoms with E-state index < -0.39 is 0 Å². The Morgan fingerprint density at radius 1 is 1.13 bits per heavy atom. The average Bonchev–Trinajstić information content (AvgIpc) is 3.00. The van der Waals surface area contributed by atoms with Gasteiger partial charge >= 0.3 is 0 Å². The summed E-state index contributed by atoms with van der Waals surface area (Å²) in [6.45, 7) is 1.45. The number of benzene rings is 2. The second-order valence-corrected chi connectivity index (χ2v) is 5.19. The van der Waals surface area contributed by atoms with Crippen LogP contribution in [0.2, 0.25) is 0 Å². The molecular weight excluding hydrogens is 296 g/mol. The number of nitrogens with two attached hydrogens (primary N) is 1. The number of amides is 1. The van der Waals surface area contributed by atoms with Gasteiger partial charge in [0.25, 0.3) is 0 Å². The molecule has 0 radical (unpaired) electrons. The van der Waals surface area contributed by atoms with Crippen LogP contribution in [0, 0.1) is 0 Å². The number of fused-ring (bicyclic) bond motifs is 1. The van der Waals surface area contributed by atoms with E-state index in [0.29, 0.717) is 18.9 Å². The molecule has 0 aliphatic carbocycles. The second kappa shape index (κ2) is 7.02. The van der Waals surface area contributed by atoms with Crippen LogP contribution in [-0.4, -0.2) is 19.2 Å². The molecule has 0 spiro atoms. The monoisotopic (exact) mass is 314 g/mol. The molecule has 1 aliphatic heterocycles. The van der Waals surface area contributed by atoms with Gasteiger partial charge in [0.1, 0.15) is 12.4 Å². The number of nitrogens with one attached hydrogen (secondary N) is 1. The number of rotatable bonds is 7. The maximum Gasteiger partial charge on any atom is 0.231 e. The van der Waals surface area contributed by atoms with E-state index in [1.807, 2.05) is 42.5 Å². The fourth-order valence-corrected chi connectivity index (χ4v) is 2.29. The Labute approximate surface area is 134 Å². The molecule has 0 fully saturated rings. The van der Waals surface area contributed by atoms with Crippen molar-refractivity contribution in [1.82, 2.24) is 5.32 Å². The molecule has 0 aromatic heterocycles. The second-order valence-electron chi connectivity index (χ2n) is 5.19. The van der Waals surface area contributed by atoms with Gasteiger partial charge in [-0.05, 0) is 23.3 Å². The highest BCUT2D eigenvalue weighted by Crippen LogP contribution is 2.35. The zero-order valence-electron chi connectivity index (χ0n) is 12.6. The summed E-state index contributed by atoms with van der Waals surface area (Å²) in [7, 11) is 0. The molecule has 120 valence electrons. The van der Waals surface area contributed by atoms with E-state index in [9.17, 15) is 4.79 Å². The van der Waals surface area contributed by atoms with Crippen molar-refractivity contribution in [3.05, 3.63) is 53.6 Å². The van der Waals surface area contributed by atoms with Crippen molar-refractivity contribution in [2.24, 2.45) is 5.73 Å². The third kappa shape index (κ3) is 4.14. The van der Waals surface area contributed by atoms with Crippen molar-refractivity contribution in [1.29, 1.82) is 0 Å². The van der Waals surface area contributed by atoms with E-state index in [2.05, 4.69) is 5.32 Å². The summed E-state index contributed by atoms with van der Waals surface area (Å²) in [4.78, 5) is 10.7. The molecule has 0 atom stereocenters. The molecule has 2 aromatic rings. The van der Waals surface area contributed by atoms with E-state index in [4.69, 9.17) is 19.9 Å². The lowest BCUT2D eigenvalue weighted by Gasteiger charge is -2.09. The van der Waals surface area contributed by atoms with Gasteiger partial charge in [-0.15, -0.1) is 0 Å². The van der Waals surface area contributed by atoms with Crippen LogP contribution in [0.25, 0.3) is 0 Å². The van der Waals surface area contributed by atoms with Crippen LogP contribution in [0.4, 0.5) is 0 Å². The Morgan fingerprint density at radius 3 is 2.83 bits per heavy atom. The van der Waals surface area contributed by atoms with Crippen molar-refractivity contribution < 1.29 is 19.0 Å². The van der Waals surface area contributed by atoms with Crippen LogP contribution in [0.15, 0.2) is 42.5 Å². The van der Waals surface area contributed by atoms with Gasteiger partial charge in [0.2, 0.25) is 12.7 Å². The molecule has 6 nitrogen and oxygen atoms in total. The average molecular weight is 314 g/mol. The summed E-state index contributed by atoms with van der Waals surface area (Å²) >= 11 is 0. The van der Waals surface area contributed by atoms with Crippen LogP contribution >= 0.6 is 0 Å². The van der Waals surface area contributed by atoms with Gasteiger partial charge < -0.3 is 25.3 Å². The molecule has 3 N–H and O–H groups in total. The molecule has 2 aromatic carbocycles. The first-order valence-electron chi connectivity index (χ1n) is 7.30. The maximum atomic E-state index is 10.7. The van der Waals surface area contributed by atoms with Crippen LogP contribution in [0.5, 0.6) is 17.2 Å². The fraction of sp³-hybridized carbons (Fsp3) is 0.235. The SMILES string of the molecule is NC(=O)CNCc1cccc(COc2ccc3c(c2)OCO3)c1. The number of primary amides is 1. The summed E-state index contributed by atoms with van der Waals surface area (Å²) in [6.07, 6.45) is 0. The molecule has 0 unspecified atom stereocenters. The highest BCUT2D eigenvalue weighted by atomic mass is 16.7. The Morgan fingerprint density at radius 2 is 1.96 bits per heavy atom. The minimum absolute atomic E-state index is 0.165. The molecule has 0 saturated heterocycles. The standard InChI is InChI=1S/C17H18N2O4/c18-17(20)9-19-8-12-2-1-3-13(6-12)10-21-14-4-5-15-16(7-14)23-11-22-15/h1-7,19H,8-11H2,(H2,18,20). The van der Waals surface area contributed by atoms with Crippen molar-refractivity contribution in [3.63, 3.8) is 0 Å². The van der Waals surface area contributed by atoms with Crippen LogP contribution in [0.3, 0.4) is 0 Å². The summed E-state index contributed by atoms with van der Waals surface area (Å²) in [5.41, 5.74) is 7.21.